The van der Waals surface area contributed by atoms with Gasteiger partial charge in [-0.2, -0.15) is 0 Å². The summed E-state index contributed by atoms with van der Waals surface area (Å²) in [6, 6.07) is 7.70. The van der Waals surface area contributed by atoms with Gasteiger partial charge in [0.05, 0.1) is 18.8 Å². The number of nitrogens with zero attached hydrogens (tertiary/aromatic N) is 2. The van der Waals surface area contributed by atoms with Crippen LogP contribution in [0.15, 0.2) is 33.7 Å². The van der Waals surface area contributed by atoms with Gasteiger partial charge in [0.1, 0.15) is 9.84 Å². The smallest absolute Gasteiger partial charge is 0.241 e. The predicted molar refractivity (Wildman–Crippen MR) is 124 cm³/mol. The van der Waals surface area contributed by atoms with E-state index >= 15 is 0 Å². The van der Waals surface area contributed by atoms with E-state index < -0.39 is 9.84 Å². The average molecular weight is 575 g/mol. The molecule has 1 amide bonds. The van der Waals surface area contributed by atoms with Crippen LogP contribution < -0.4 is 10.6 Å². The zero-order valence-electron chi connectivity index (χ0n) is 16.0. The maximum Gasteiger partial charge on any atom is 0.241 e. The molecule has 0 bridgehead atoms. The van der Waals surface area contributed by atoms with Crippen LogP contribution in [0.5, 0.6) is 0 Å². The molecule has 0 fully saturated rings. The highest BCUT2D eigenvalue weighted by molar-refractivity contribution is 14.0. The molecule has 0 saturated carbocycles. The minimum Gasteiger partial charge on any atom is -0.354 e. The number of halogens is 2. The Bertz CT molecular complexity index is 724. The number of nitrogens with one attached hydrogen (secondary N) is 2. The van der Waals surface area contributed by atoms with Crippen molar-refractivity contribution >= 4 is 61.6 Å². The van der Waals surface area contributed by atoms with Crippen molar-refractivity contribution in [2.45, 2.75) is 25.9 Å². The van der Waals surface area contributed by atoms with Gasteiger partial charge >= 0.3 is 0 Å². The molecule has 0 aliphatic carbocycles. The molecule has 2 N–H and O–H groups in total. The van der Waals surface area contributed by atoms with Crippen molar-refractivity contribution in [3.63, 3.8) is 0 Å². The van der Waals surface area contributed by atoms with Gasteiger partial charge < -0.3 is 15.5 Å². The van der Waals surface area contributed by atoms with Crippen LogP contribution in [-0.2, 0) is 21.2 Å². The third-order valence-corrected chi connectivity index (χ3v) is 5.05. The third-order valence-electron chi connectivity index (χ3n) is 3.54. The Morgan fingerprint density at radius 2 is 1.85 bits per heavy atom. The topological polar surface area (TPSA) is 90.9 Å². The Kier molecular flexibility index (Phi) is 12.1. The lowest BCUT2D eigenvalue weighted by molar-refractivity contribution is -0.127. The van der Waals surface area contributed by atoms with Crippen molar-refractivity contribution in [1.29, 1.82) is 0 Å². The molecule has 154 valence electrons. The molecule has 0 saturated heterocycles. The van der Waals surface area contributed by atoms with Crippen LogP contribution in [0, 0.1) is 0 Å². The minimum absolute atomic E-state index is 0. The first-order valence-corrected chi connectivity index (χ1v) is 11.1. The first kappa shape index (κ1) is 26.1. The minimum atomic E-state index is -3.02. The molecule has 27 heavy (non-hydrogen) atoms. The standard InChI is InChI=1S/C17H27BrN4O3S.HI/c1-13(9-10-26(4,24)25)21-17(20-12-16(23)22(2)3)19-11-14-5-7-15(18)8-6-14;/h5-8,13H,9-12H2,1-4H3,(H2,19,20,21);1H. The number of carbonyl (C=O) groups excluding carboxylic acids is 1. The summed E-state index contributed by atoms with van der Waals surface area (Å²) in [7, 11) is 0.354. The SMILES string of the molecule is CC(CCS(C)(=O)=O)NC(=NCc1ccc(Br)cc1)NCC(=O)N(C)C.I. The second-order valence-corrected chi connectivity index (χ2v) is 9.57. The molecular weight excluding hydrogens is 547 g/mol. The highest BCUT2D eigenvalue weighted by Gasteiger charge is 2.11. The number of sulfone groups is 1. The molecule has 10 heteroatoms. The molecule has 1 rings (SSSR count). The van der Waals surface area contributed by atoms with Gasteiger partial charge in [-0.25, -0.2) is 13.4 Å². The van der Waals surface area contributed by atoms with Crippen LogP contribution in [0.3, 0.4) is 0 Å². The second kappa shape index (κ2) is 12.6. The van der Waals surface area contributed by atoms with E-state index in [-0.39, 0.29) is 48.2 Å². The number of rotatable bonds is 8. The monoisotopic (exact) mass is 574 g/mol. The molecule has 1 atom stereocenters. The van der Waals surface area contributed by atoms with Crippen molar-refractivity contribution in [3.05, 3.63) is 34.3 Å². The van der Waals surface area contributed by atoms with Gasteiger partial charge in [-0.05, 0) is 31.0 Å². The fourth-order valence-corrected chi connectivity index (χ4v) is 2.97. The fourth-order valence-electron chi connectivity index (χ4n) is 1.93. The van der Waals surface area contributed by atoms with Crippen molar-refractivity contribution in [1.82, 2.24) is 15.5 Å². The number of aliphatic imine (C=N–C) groups is 1. The Labute approximate surface area is 187 Å². The van der Waals surface area contributed by atoms with Gasteiger partial charge in [0.15, 0.2) is 5.96 Å². The highest BCUT2D eigenvalue weighted by Crippen LogP contribution is 2.11. The molecule has 0 radical (unpaired) electrons. The summed E-state index contributed by atoms with van der Waals surface area (Å²) in [4.78, 5) is 17.8. The summed E-state index contributed by atoms with van der Waals surface area (Å²) in [5.74, 6) is 0.494. The van der Waals surface area contributed by atoms with Gasteiger partial charge in [0.25, 0.3) is 0 Å². The maximum absolute atomic E-state index is 11.8. The van der Waals surface area contributed by atoms with Gasteiger partial charge in [-0.1, -0.05) is 28.1 Å². The Morgan fingerprint density at radius 3 is 2.37 bits per heavy atom. The van der Waals surface area contributed by atoms with Crippen molar-refractivity contribution in [2.75, 3.05) is 32.6 Å². The molecule has 0 aromatic heterocycles. The number of guanidine groups is 1. The first-order chi connectivity index (χ1) is 12.1. The normalized spacial score (nSPS) is 12.7. The zero-order valence-corrected chi connectivity index (χ0v) is 20.8. The van der Waals surface area contributed by atoms with E-state index in [9.17, 15) is 13.2 Å². The Morgan fingerprint density at radius 1 is 1.26 bits per heavy atom. The van der Waals surface area contributed by atoms with Crippen LogP contribution in [0.25, 0.3) is 0 Å². The van der Waals surface area contributed by atoms with Crippen LogP contribution in [0.2, 0.25) is 0 Å². The Balaban J connectivity index is 0.00000676. The van der Waals surface area contributed by atoms with Crippen molar-refractivity contribution in [2.24, 2.45) is 4.99 Å². The molecule has 7 nitrogen and oxygen atoms in total. The van der Waals surface area contributed by atoms with Gasteiger partial charge in [0.2, 0.25) is 5.91 Å². The number of benzene rings is 1. The maximum atomic E-state index is 11.8. The number of likely N-dealkylation sites (N-methyl/N-ethyl adjacent to an activating group) is 1. The lowest BCUT2D eigenvalue weighted by Crippen LogP contribution is -2.46. The van der Waals surface area contributed by atoms with Crippen LogP contribution in [-0.4, -0.2) is 63.9 Å². The van der Waals surface area contributed by atoms with Gasteiger partial charge in [-0.3, -0.25) is 4.79 Å². The molecule has 1 aromatic carbocycles. The molecule has 0 heterocycles. The molecule has 1 aromatic rings. The fraction of sp³-hybridized carbons (Fsp3) is 0.529. The van der Waals surface area contributed by atoms with E-state index in [1.165, 1.54) is 11.2 Å². The summed E-state index contributed by atoms with van der Waals surface area (Å²) >= 11 is 3.39. The van der Waals surface area contributed by atoms with Gasteiger partial charge in [0, 0.05) is 30.9 Å². The van der Waals surface area contributed by atoms with E-state index in [0.717, 1.165) is 10.0 Å². The van der Waals surface area contributed by atoms with Crippen molar-refractivity contribution < 1.29 is 13.2 Å². The lowest BCUT2D eigenvalue weighted by atomic mass is 10.2. The number of hydrogen-bond acceptors (Lipinski definition) is 4. The van der Waals surface area contributed by atoms with Gasteiger partial charge in [-0.15, -0.1) is 24.0 Å². The lowest BCUT2D eigenvalue weighted by Gasteiger charge is -2.19. The molecule has 0 spiro atoms. The summed E-state index contributed by atoms with van der Waals surface area (Å²) in [5, 5.41) is 6.16. The number of amides is 1. The molecule has 0 aliphatic heterocycles. The zero-order chi connectivity index (χ0) is 19.7. The first-order valence-electron chi connectivity index (χ1n) is 8.24. The summed E-state index contributed by atoms with van der Waals surface area (Å²) < 4.78 is 23.6. The van der Waals surface area contributed by atoms with E-state index in [2.05, 4.69) is 31.6 Å². The highest BCUT2D eigenvalue weighted by atomic mass is 127. The quantitative estimate of drug-likeness (QED) is 0.282. The Hall–Kier alpha value is -0.880. The average Bonchev–Trinajstić information content (AvgIpc) is 2.55. The second-order valence-electron chi connectivity index (χ2n) is 6.40. The third kappa shape index (κ3) is 12.2. The van der Waals surface area contributed by atoms with Crippen LogP contribution in [0.1, 0.15) is 18.9 Å². The predicted octanol–water partition coefficient (Wildman–Crippen LogP) is 2.01. The summed E-state index contributed by atoms with van der Waals surface area (Å²) in [6.45, 7) is 2.44. The van der Waals surface area contributed by atoms with E-state index in [0.29, 0.717) is 18.9 Å². The van der Waals surface area contributed by atoms with Crippen LogP contribution >= 0.6 is 39.9 Å². The van der Waals surface area contributed by atoms with Crippen LogP contribution in [0.4, 0.5) is 0 Å². The largest absolute Gasteiger partial charge is 0.354 e. The van der Waals surface area contributed by atoms with E-state index in [1.54, 1.807) is 14.1 Å². The van der Waals surface area contributed by atoms with E-state index in [1.807, 2.05) is 31.2 Å². The summed E-state index contributed by atoms with van der Waals surface area (Å²) in [5.41, 5.74) is 1.03. The van der Waals surface area contributed by atoms with E-state index in [4.69, 9.17) is 0 Å². The molecule has 1 unspecified atom stereocenters. The number of hydrogen-bond donors (Lipinski definition) is 2. The summed E-state index contributed by atoms with van der Waals surface area (Å²) in [6.07, 6.45) is 1.68. The molecule has 0 aliphatic rings. The van der Waals surface area contributed by atoms with Crippen molar-refractivity contribution in [3.8, 4) is 0 Å². The molecular formula is C17H28BrIN4O3S. The number of carbonyl (C=O) groups is 1.